The van der Waals surface area contributed by atoms with E-state index in [4.69, 9.17) is 4.84 Å². The lowest BCUT2D eigenvalue weighted by atomic mass is 9.93. The summed E-state index contributed by atoms with van der Waals surface area (Å²) >= 11 is 0. The standard InChI is InChI=1S/C15H18N2O3/c1-11(18)16-10-13-6-3-2-5-12(13)9-14(16)15(19)17-7-4-8-20-17/h2-3,5-6,14H,4,7-10H2,1H3. The van der Waals surface area contributed by atoms with Gasteiger partial charge in [-0.2, -0.15) is 0 Å². The van der Waals surface area contributed by atoms with Crippen molar-refractivity contribution in [2.45, 2.75) is 32.4 Å². The first-order valence-electron chi connectivity index (χ1n) is 6.95. The van der Waals surface area contributed by atoms with Crippen molar-refractivity contribution in [3.05, 3.63) is 35.4 Å². The van der Waals surface area contributed by atoms with Crippen molar-refractivity contribution in [1.29, 1.82) is 0 Å². The van der Waals surface area contributed by atoms with E-state index in [0.29, 0.717) is 26.1 Å². The smallest absolute Gasteiger partial charge is 0.269 e. The Balaban J connectivity index is 1.88. The van der Waals surface area contributed by atoms with Crippen LogP contribution in [0.2, 0.25) is 0 Å². The predicted molar refractivity (Wildman–Crippen MR) is 72.4 cm³/mol. The van der Waals surface area contributed by atoms with Crippen LogP contribution in [-0.2, 0) is 27.4 Å². The molecular weight excluding hydrogens is 256 g/mol. The lowest BCUT2D eigenvalue weighted by Gasteiger charge is -2.36. The summed E-state index contributed by atoms with van der Waals surface area (Å²) in [7, 11) is 0. The van der Waals surface area contributed by atoms with Crippen molar-refractivity contribution in [2.24, 2.45) is 0 Å². The van der Waals surface area contributed by atoms with Crippen molar-refractivity contribution in [2.75, 3.05) is 13.2 Å². The Morgan fingerprint density at radius 2 is 2.00 bits per heavy atom. The van der Waals surface area contributed by atoms with E-state index in [1.165, 1.54) is 12.0 Å². The molecule has 1 saturated heterocycles. The molecule has 20 heavy (non-hydrogen) atoms. The highest BCUT2D eigenvalue weighted by Gasteiger charge is 2.36. The van der Waals surface area contributed by atoms with E-state index in [1.54, 1.807) is 4.90 Å². The molecule has 0 N–H and O–H groups in total. The zero-order valence-electron chi connectivity index (χ0n) is 11.5. The van der Waals surface area contributed by atoms with Crippen LogP contribution < -0.4 is 0 Å². The Kier molecular flexibility index (Phi) is 3.44. The van der Waals surface area contributed by atoms with Crippen molar-refractivity contribution < 1.29 is 14.4 Å². The maximum Gasteiger partial charge on any atom is 0.269 e. The minimum absolute atomic E-state index is 0.0722. The van der Waals surface area contributed by atoms with E-state index >= 15 is 0 Å². The third-order valence-electron chi connectivity index (χ3n) is 3.94. The van der Waals surface area contributed by atoms with Crippen LogP contribution in [0.15, 0.2) is 24.3 Å². The van der Waals surface area contributed by atoms with Crippen LogP contribution in [0.3, 0.4) is 0 Å². The SMILES string of the molecule is CC(=O)N1Cc2ccccc2CC1C(=O)N1CCCO1. The molecular formula is C15H18N2O3. The molecule has 106 valence electrons. The van der Waals surface area contributed by atoms with Crippen LogP contribution in [0.1, 0.15) is 24.5 Å². The molecule has 1 aromatic carbocycles. The lowest BCUT2D eigenvalue weighted by Crippen LogP contribution is -2.52. The van der Waals surface area contributed by atoms with Gasteiger partial charge in [0.15, 0.2) is 0 Å². The molecule has 5 nitrogen and oxygen atoms in total. The van der Waals surface area contributed by atoms with E-state index < -0.39 is 6.04 Å². The molecule has 1 fully saturated rings. The molecule has 0 saturated carbocycles. The predicted octanol–water partition coefficient (Wildman–Crippen LogP) is 1.12. The van der Waals surface area contributed by atoms with Crippen molar-refractivity contribution in [3.63, 3.8) is 0 Å². The van der Waals surface area contributed by atoms with Gasteiger partial charge in [-0.15, -0.1) is 0 Å². The average Bonchev–Trinajstić information content (AvgIpc) is 2.99. The summed E-state index contributed by atoms with van der Waals surface area (Å²) in [5.74, 6) is -0.177. The van der Waals surface area contributed by atoms with Crippen LogP contribution in [-0.4, -0.2) is 41.0 Å². The van der Waals surface area contributed by atoms with Crippen molar-refractivity contribution >= 4 is 11.8 Å². The highest BCUT2D eigenvalue weighted by molar-refractivity contribution is 5.87. The highest BCUT2D eigenvalue weighted by Crippen LogP contribution is 2.25. The molecule has 0 spiro atoms. The number of hydrogen-bond donors (Lipinski definition) is 0. The summed E-state index contributed by atoms with van der Waals surface area (Å²) < 4.78 is 0. The number of hydrogen-bond acceptors (Lipinski definition) is 3. The van der Waals surface area contributed by atoms with Gasteiger partial charge >= 0.3 is 0 Å². The lowest BCUT2D eigenvalue weighted by molar-refractivity contribution is -0.177. The molecule has 0 radical (unpaired) electrons. The molecule has 1 unspecified atom stereocenters. The van der Waals surface area contributed by atoms with Gasteiger partial charge in [-0.05, 0) is 17.5 Å². The van der Waals surface area contributed by atoms with E-state index in [2.05, 4.69) is 0 Å². The fraction of sp³-hybridized carbons (Fsp3) is 0.467. The number of carbonyl (C=O) groups excluding carboxylic acids is 2. The number of amides is 2. The van der Waals surface area contributed by atoms with Gasteiger partial charge in [0.25, 0.3) is 5.91 Å². The third kappa shape index (κ3) is 2.29. The quantitative estimate of drug-likeness (QED) is 0.771. The summed E-state index contributed by atoms with van der Waals surface area (Å²) in [6, 6.07) is 7.52. The summed E-state index contributed by atoms with van der Waals surface area (Å²) in [6.07, 6.45) is 1.42. The zero-order chi connectivity index (χ0) is 14.1. The summed E-state index contributed by atoms with van der Waals surface area (Å²) in [5.41, 5.74) is 2.26. The van der Waals surface area contributed by atoms with E-state index in [-0.39, 0.29) is 11.8 Å². The molecule has 1 atom stereocenters. The monoisotopic (exact) mass is 274 g/mol. The number of benzene rings is 1. The van der Waals surface area contributed by atoms with E-state index in [0.717, 1.165) is 17.5 Å². The first-order valence-corrected chi connectivity index (χ1v) is 6.95. The second-order valence-corrected chi connectivity index (χ2v) is 5.26. The van der Waals surface area contributed by atoms with Crippen LogP contribution in [0, 0.1) is 0 Å². The van der Waals surface area contributed by atoms with Gasteiger partial charge in [-0.1, -0.05) is 24.3 Å². The second kappa shape index (κ2) is 5.25. The molecule has 2 heterocycles. The van der Waals surface area contributed by atoms with Gasteiger partial charge in [0.05, 0.1) is 13.2 Å². The van der Waals surface area contributed by atoms with Gasteiger partial charge in [-0.25, -0.2) is 5.06 Å². The van der Waals surface area contributed by atoms with Crippen molar-refractivity contribution in [3.8, 4) is 0 Å². The topological polar surface area (TPSA) is 49.9 Å². The maximum absolute atomic E-state index is 12.5. The minimum Gasteiger partial charge on any atom is -0.326 e. The molecule has 2 amide bonds. The van der Waals surface area contributed by atoms with Gasteiger partial charge in [0, 0.05) is 19.9 Å². The Morgan fingerprint density at radius 3 is 2.65 bits per heavy atom. The van der Waals surface area contributed by atoms with Crippen LogP contribution in [0.4, 0.5) is 0 Å². The summed E-state index contributed by atoms with van der Waals surface area (Å²) in [5, 5.41) is 1.41. The number of carbonyl (C=O) groups is 2. The minimum atomic E-state index is -0.444. The van der Waals surface area contributed by atoms with E-state index in [1.807, 2.05) is 24.3 Å². The Labute approximate surface area is 118 Å². The summed E-state index contributed by atoms with van der Waals surface area (Å²) in [6.45, 7) is 3.20. The first-order chi connectivity index (χ1) is 9.66. The van der Waals surface area contributed by atoms with Gasteiger partial charge in [0.1, 0.15) is 6.04 Å². The molecule has 2 aliphatic rings. The molecule has 0 bridgehead atoms. The largest absolute Gasteiger partial charge is 0.326 e. The number of rotatable bonds is 1. The third-order valence-corrected chi connectivity index (χ3v) is 3.94. The fourth-order valence-corrected chi connectivity index (χ4v) is 2.86. The summed E-state index contributed by atoms with van der Waals surface area (Å²) in [4.78, 5) is 31.4. The molecule has 3 rings (SSSR count). The Morgan fingerprint density at radius 1 is 1.25 bits per heavy atom. The molecule has 2 aliphatic heterocycles. The zero-order valence-corrected chi connectivity index (χ0v) is 11.5. The molecule has 1 aromatic rings. The molecule has 0 aliphatic carbocycles. The van der Waals surface area contributed by atoms with Crippen LogP contribution in [0.25, 0.3) is 0 Å². The number of fused-ring (bicyclic) bond motifs is 1. The average molecular weight is 274 g/mol. The molecule has 5 heteroatoms. The Bertz CT molecular complexity index is 538. The maximum atomic E-state index is 12.5. The van der Waals surface area contributed by atoms with Crippen LogP contribution in [0.5, 0.6) is 0 Å². The Hall–Kier alpha value is -1.88. The highest BCUT2D eigenvalue weighted by atomic mass is 16.7. The normalized spacial score (nSPS) is 21.8. The van der Waals surface area contributed by atoms with Crippen molar-refractivity contribution in [1.82, 2.24) is 9.96 Å². The number of nitrogens with zero attached hydrogens (tertiary/aromatic N) is 2. The van der Waals surface area contributed by atoms with Gasteiger partial charge < -0.3 is 4.90 Å². The van der Waals surface area contributed by atoms with E-state index in [9.17, 15) is 9.59 Å². The fourth-order valence-electron chi connectivity index (χ4n) is 2.86. The van der Waals surface area contributed by atoms with Crippen LogP contribution >= 0.6 is 0 Å². The van der Waals surface area contributed by atoms with Gasteiger partial charge in [0.2, 0.25) is 5.91 Å². The van der Waals surface area contributed by atoms with Gasteiger partial charge in [-0.3, -0.25) is 14.4 Å². The molecule has 0 aromatic heterocycles. The number of hydroxylamine groups is 2. The second-order valence-electron chi connectivity index (χ2n) is 5.26. The first kappa shape index (κ1) is 13.1.